The van der Waals surface area contributed by atoms with Crippen molar-refractivity contribution in [2.24, 2.45) is 0 Å². The molecule has 0 atom stereocenters. The van der Waals surface area contributed by atoms with E-state index < -0.39 is 0 Å². The van der Waals surface area contributed by atoms with E-state index >= 15 is 0 Å². The van der Waals surface area contributed by atoms with Crippen molar-refractivity contribution in [1.29, 1.82) is 0 Å². The van der Waals surface area contributed by atoms with Crippen LogP contribution in [0.1, 0.15) is 17.0 Å². The Kier molecular flexibility index (Phi) is 3.60. The van der Waals surface area contributed by atoms with E-state index in [1.54, 1.807) is 18.3 Å². The van der Waals surface area contributed by atoms with Gasteiger partial charge < -0.3 is 15.4 Å². The van der Waals surface area contributed by atoms with Crippen LogP contribution in [-0.4, -0.2) is 14.7 Å². The summed E-state index contributed by atoms with van der Waals surface area (Å²) < 4.78 is 2.10. The zero-order valence-corrected chi connectivity index (χ0v) is 11.6. The molecule has 3 rings (SSSR count). The van der Waals surface area contributed by atoms with Crippen molar-refractivity contribution in [3.05, 3.63) is 77.9 Å². The van der Waals surface area contributed by atoms with E-state index in [0.717, 1.165) is 29.2 Å². The topological polar surface area (TPSA) is 64.1 Å². The molecule has 1 aromatic heterocycles. The Balaban J connectivity index is 1.81. The number of para-hydroxylation sites is 1. The van der Waals surface area contributed by atoms with E-state index in [4.69, 9.17) is 5.73 Å². The number of aromatic hydroxyl groups is 1. The predicted molar refractivity (Wildman–Crippen MR) is 83.1 cm³/mol. The monoisotopic (exact) mass is 279 g/mol. The first-order valence-corrected chi connectivity index (χ1v) is 6.83. The minimum absolute atomic E-state index is 0.279. The molecular weight excluding hydrogens is 262 g/mol. The highest BCUT2D eigenvalue weighted by Gasteiger charge is 2.07. The fraction of sp³-hybridized carbons (Fsp3) is 0.118. The van der Waals surface area contributed by atoms with E-state index in [0.29, 0.717) is 6.42 Å². The largest absolute Gasteiger partial charge is 0.508 e. The Morgan fingerprint density at radius 1 is 1.05 bits per heavy atom. The van der Waals surface area contributed by atoms with Crippen LogP contribution in [0.2, 0.25) is 0 Å². The van der Waals surface area contributed by atoms with Crippen LogP contribution in [0.15, 0.2) is 60.9 Å². The number of benzene rings is 2. The molecule has 0 fully saturated rings. The van der Waals surface area contributed by atoms with Crippen LogP contribution in [0.25, 0.3) is 0 Å². The van der Waals surface area contributed by atoms with Gasteiger partial charge in [-0.05, 0) is 29.3 Å². The summed E-state index contributed by atoms with van der Waals surface area (Å²) in [6, 6.07) is 15.1. The molecule has 4 nitrogen and oxygen atoms in total. The van der Waals surface area contributed by atoms with Crippen molar-refractivity contribution in [1.82, 2.24) is 9.55 Å². The van der Waals surface area contributed by atoms with Crippen LogP contribution >= 0.6 is 0 Å². The Hall–Kier alpha value is -2.75. The molecule has 0 saturated carbocycles. The van der Waals surface area contributed by atoms with Crippen LogP contribution in [0.4, 0.5) is 5.69 Å². The lowest BCUT2D eigenvalue weighted by Crippen LogP contribution is -2.06. The molecule has 0 aliphatic heterocycles. The molecule has 4 heteroatoms. The minimum atomic E-state index is 0.279. The van der Waals surface area contributed by atoms with Gasteiger partial charge in [0.05, 0.1) is 0 Å². The molecule has 0 spiro atoms. The molecule has 0 bridgehead atoms. The van der Waals surface area contributed by atoms with Gasteiger partial charge in [0.25, 0.3) is 0 Å². The standard InChI is InChI=1S/C17H17N3O/c18-16-4-2-1-3-14(16)11-17-19-9-10-20(17)12-13-5-7-15(21)8-6-13/h1-10,21H,11-12,18H2. The average molecular weight is 279 g/mol. The fourth-order valence-corrected chi connectivity index (χ4v) is 2.31. The van der Waals surface area contributed by atoms with Crippen molar-refractivity contribution in [3.8, 4) is 5.75 Å². The van der Waals surface area contributed by atoms with Crippen molar-refractivity contribution < 1.29 is 5.11 Å². The summed E-state index contributed by atoms with van der Waals surface area (Å²) in [7, 11) is 0. The zero-order valence-electron chi connectivity index (χ0n) is 11.6. The van der Waals surface area contributed by atoms with Crippen LogP contribution in [-0.2, 0) is 13.0 Å². The molecule has 0 radical (unpaired) electrons. The van der Waals surface area contributed by atoms with E-state index in [1.807, 2.05) is 42.6 Å². The molecule has 0 aliphatic rings. The number of phenolic OH excluding ortho intramolecular Hbond substituents is 1. The van der Waals surface area contributed by atoms with Gasteiger partial charge in [-0.3, -0.25) is 0 Å². The third kappa shape index (κ3) is 3.05. The first kappa shape index (κ1) is 13.2. The summed E-state index contributed by atoms with van der Waals surface area (Å²) in [5.74, 6) is 1.25. The quantitative estimate of drug-likeness (QED) is 0.722. The molecule has 106 valence electrons. The lowest BCUT2D eigenvalue weighted by molar-refractivity contribution is 0.475. The number of aromatic nitrogens is 2. The van der Waals surface area contributed by atoms with Crippen molar-refractivity contribution in [2.75, 3.05) is 5.73 Å². The Bertz CT molecular complexity index is 732. The Morgan fingerprint density at radius 2 is 1.81 bits per heavy atom. The number of imidazole rings is 1. The molecule has 3 aromatic rings. The summed E-state index contributed by atoms with van der Waals surface area (Å²) in [6.07, 6.45) is 4.47. The molecule has 0 saturated heterocycles. The summed E-state index contributed by atoms with van der Waals surface area (Å²) in [6.45, 7) is 0.725. The number of anilines is 1. The minimum Gasteiger partial charge on any atom is -0.508 e. The number of phenols is 1. The average Bonchev–Trinajstić information content (AvgIpc) is 2.91. The number of nitrogen functional groups attached to an aromatic ring is 1. The highest BCUT2D eigenvalue weighted by Crippen LogP contribution is 2.17. The predicted octanol–water partition coefficient (Wildman–Crippen LogP) is 2.81. The van der Waals surface area contributed by atoms with E-state index in [-0.39, 0.29) is 5.75 Å². The lowest BCUT2D eigenvalue weighted by atomic mass is 10.1. The number of hydrogen-bond donors (Lipinski definition) is 2. The van der Waals surface area contributed by atoms with Crippen molar-refractivity contribution >= 4 is 5.69 Å². The van der Waals surface area contributed by atoms with Gasteiger partial charge in [0.1, 0.15) is 11.6 Å². The highest BCUT2D eigenvalue weighted by molar-refractivity contribution is 5.47. The van der Waals surface area contributed by atoms with E-state index in [1.165, 1.54) is 0 Å². The summed E-state index contributed by atoms with van der Waals surface area (Å²) in [5.41, 5.74) is 8.98. The molecule has 21 heavy (non-hydrogen) atoms. The maximum atomic E-state index is 9.33. The SMILES string of the molecule is Nc1ccccc1Cc1nccn1Cc1ccc(O)cc1. The van der Waals surface area contributed by atoms with E-state index in [2.05, 4.69) is 9.55 Å². The van der Waals surface area contributed by atoms with Gasteiger partial charge in [-0.25, -0.2) is 4.98 Å². The van der Waals surface area contributed by atoms with E-state index in [9.17, 15) is 5.11 Å². The summed E-state index contributed by atoms with van der Waals surface area (Å²) >= 11 is 0. The van der Waals surface area contributed by atoms with Crippen LogP contribution < -0.4 is 5.73 Å². The second-order valence-electron chi connectivity index (χ2n) is 5.01. The van der Waals surface area contributed by atoms with Gasteiger partial charge in [-0.1, -0.05) is 30.3 Å². The van der Waals surface area contributed by atoms with Gasteiger partial charge in [0, 0.05) is 31.0 Å². The second kappa shape index (κ2) is 5.71. The van der Waals surface area contributed by atoms with Gasteiger partial charge in [-0.15, -0.1) is 0 Å². The van der Waals surface area contributed by atoms with Crippen molar-refractivity contribution in [2.45, 2.75) is 13.0 Å². The molecule has 0 unspecified atom stereocenters. The van der Waals surface area contributed by atoms with Crippen molar-refractivity contribution in [3.63, 3.8) is 0 Å². The smallest absolute Gasteiger partial charge is 0.115 e. The summed E-state index contributed by atoms with van der Waals surface area (Å²) in [5, 5.41) is 9.33. The normalized spacial score (nSPS) is 10.7. The number of rotatable bonds is 4. The number of hydrogen-bond acceptors (Lipinski definition) is 3. The van der Waals surface area contributed by atoms with Gasteiger partial charge in [0.15, 0.2) is 0 Å². The molecule has 0 amide bonds. The Morgan fingerprint density at radius 3 is 2.57 bits per heavy atom. The van der Waals surface area contributed by atoms with Gasteiger partial charge in [-0.2, -0.15) is 0 Å². The highest BCUT2D eigenvalue weighted by atomic mass is 16.3. The number of nitrogens with two attached hydrogens (primary N) is 1. The molecule has 0 aliphatic carbocycles. The first-order valence-electron chi connectivity index (χ1n) is 6.83. The van der Waals surface area contributed by atoms with Crippen LogP contribution in [0.5, 0.6) is 5.75 Å². The lowest BCUT2D eigenvalue weighted by Gasteiger charge is -2.09. The molecular formula is C17H17N3O. The summed E-state index contributed by atoms with van der Waals surface area (Å²) in [4.78, 5) is 4.42. The maximum absolute atomic E-state index is 9.33. The zero-order chi connectivity index (χ0) is 14.7. The third-order valence-corrected chi connectivity index (χ3v) is 3.49. The third-order valence-electron chi connectivity index (χ3n) is 3.49. The fourth-order valence-electron chi connectivity index (χ4n) is 2.31. The Labute approximate surface area is 123 Å². The molecule has 2 aromatic carbocycles. The van der Waals surface area contributed by atoms with Gasteiger partial charge >= 0.3 is 0 Å². The first-order chi connectivity index (χ1) is 10.2. The molecule has 3 N–H and O–H groups in total. The van der Waals surface area contributed by atoms with Crippen LogP contribution in [0, 0.1) is 0 Å². The second-order valence-corrected chi connectivity index (χ2v) is 5.01. The maximum Gasteiger partial charge on any atom is 0.115 e. The number of nitrogens with zero attached hydrogens (tertiary/aromatic N) is 2. The van der Waals surface area contributed by atoms with Crippen LogP contribution in [0.3, 0.4) is 0 Å². The van der Waals surface area contributed by atoms with Gasteiger partial charge in [0.2, 0.25) is 0 Å². The molecule has 1 heterocycles.